The van der Waals surface area contributed by atoms with Gasteiger partial charge >= 0.3 is 0 Å². The summed E-state index contributed by atoms with van der Waals surface area (Å²) < 4.78 is 9.34. The Morgan fingerprint density at radius 3 is 1.70 bits per heavy atom. The second kappa shape index (κ2) is 11.6. The SMILES string of the molecule is c1ccc(-c2nc(-c3ccccc3)nc(-c3cccc4c3oc3cccc(-c5cc(-c6ccccc6)c6sc7ccccc7c6c5)c34)n2)cc1. The molecule has 0 saturated heterocycles. The van der Waals surface area contributed by atoms with Crippen LogP contribution in [0.25, 0.3) is 98.5 Å². The number of furan rings is 1. The van der Waals surface area contributed by atoms with Crippen LogP contribution in [0.1, 0.15) is 0 Å². The molecule has 0 amide bonds. The van der Waals surface area contributed by atoms with Crippen molar-refractivity contribution < 1.29 is 4.42 Å². The van der Waals surface area contributed by atoms with E-state index in [0.29, 0.717) is 17.5 Å². The first-order valence-corrected chi connectivity index (χ1v) is 17.4. The highest BCUT2D eigenvalue weighted by molar-refractivity contribution is 7.26. The van der Waals surface area contributed by atoms with Crippen molar-refractivity contribution in [1.82, 2.24) is 15.0 Å². The first-order chi connectivity index (χ1) is 24.8. The third kappa shape index (κ3) is 4.71. The van der Waals surface area contributed by atoms with E-state index in [9.17, 15) is 0 Å². The van der Waals surface area contributed by atoms with Gasteiger partial charge in [-0.2, -0.15) is 0 Å². The second-order valence-electron chi connectivity index (χ2n) is 12.4. The fraction of sp³-hybridized carbons (Fsp3) is 0. The van der Waals surface area contributed by atoms with Gasteiger partial charge in [0.05, 0.1) is 5.56 Å². The minimum Gasteiger partial charge on any atom is -0.455 e. The van der Waals surface area contributed by atoms with Crippen molar-refractivity contribution >= 4 is 53.4 Å². The first kappa shape index (κ1) is 28.6. The van der Waals surface area contributed by atoms with Gasteiger partial charge in [-0.15, -0.1) is 11.3 Å². The van der Waals surface area contributed by atoms with E-state index in [0.717, 1.165) is 49.8 Å². The molecule has 0 unspecified atom stereocenters. The van der Waals surface area contributed by atoms with Crippen molar-refractivity contribution in [1.29, 1.82) is 0 Å². The zero-order valence-corrected chi connectivity index (χ0v) is 27.6. The van der Waals surface area contributed by atoms with Crippen molar-refractivity contribution in [3.8, 4) is 56.4 Å². The van der Waals surface area contributed by atoms with Crippen LogP contribution < -0.4 is 0 Å². The van der Waals surface area contributed by atoms with Crippen LogP contribution in [0.4, 0.5) is 0 Å². The fourth-order valence-electron chi connectivity index (χ4n) is 7.01. The van der Waals surface area contributed by atoms with Gasteiger partial charge in [-0.05, 0) is 47.0 Å². The molecule has 0 atom stereocenters. The van der Waals surface area contributed by atoms with Gasteiger partial charge in [0, 0.05) is 47.6 Å². The highest BCUT2D eigenvalue weighted by Crippen LogP contribution is 2.45. The van der Waals surface area contributed by atoms with Gasteiger partial charge in [0.2, 0.25) is 0 Å². The van der Waals surface area contributed by atoms with Crippen LogP contribution in [0.15, 0.2) is 168 Å². The molecule has 3 aromatic heterocycles. The summed E-state index contributed by atoms with van der Waals surface area (Å²) in [6.45, 7) is 0. The van der Waals surface area contributed by atoms with Gasteiger partial charge < -0.3 is 4.42 Å². The molecule has 0 saturated carbocycles. The largest absolute Gasteiger partial charge is 0.455 e. The van der Waals surface area contributed by atoms with Gasteiger partial charge in [-0.3, -0.25) is 0 Å². The summed E-state index contributed by atoms with van der Waals surface area (Å²) in [5, 5.41) is 4.63. The van der Waals surface area contributed by atoms with Gasteiger partial charge in [0.15, 0.2) is 17.5 Å². The molecule has 7 aromatic carbocycles. The summed E-state index contributed by atoms with van der Waals surface area (Å²) in [6.07, 6.45) is 0. The molecule has 10 aromatic rings. The molecule has 0 aliphatic carbocycles. The molecule has 0 bridgehead atoms. The zero-order valence-electron chi connectivity index (χ0n) is 26.7. The number of para-hydroxylation sites is 1. The third-order valence-electron chi connectivity index (χ3n) is 9.34. The summed E-state index contributed by atoms with van der Waals surface area (Å²) in [7, 11) is 0. The van der Waals surface area contributed by atoms with E-state index in [2.05, 4.69) is 97.1 Å². The topological polar surface area (TPSA) is 51.8 Å². The Morgan fingerprint density at radius 2 is 0.980 bits per heavy atom. The van der Waals surface area contributed by atoms with Crippen molar-refractivity contribution in [2.24, 2.45) is 0 Å². The minimum absolute atomic E-state index is 0.571. The minimum atomic E-state index is 0.571. The number of fused-ring (bicyclic) bond motifs is 6. The lowest BCUT2D eigenvalue weighted by Gasteiger charge is -2.10. The molecule has 0 radical (unpaired) electrons. The van der Waals surface area contributed by atoms with Crippen LogP contribution in [0.5, 0.6) is 0 Å². The van der Waals surface area contributed by atoms with Crippen LogP contribution in [-0.4, -0.2) is 15.0 Å². The van der Waals surface area contributed by atoms with Crippen LogP contribution >= 0.6 is 11.3 Å². The van der Waals surface area contributed by atoms with E-state index in [4.69, 9.17) is 19.4 Å². The number of thiophene rings is 1. The average molecular weight is 658 g/mol. The van der Waals surface area contributed by atoms with Gasteiger partial charge in [-0.25, -0.2) is 15.0 Å². The summed E-state index contributed by atoms with van der Waals surface area (Å²) in [4.78, 5) is 14.9. The monoisotopic (exact) mass is 657 g/mol. The number of hydrogen-bond donors (Lipinski definition) is 0. The molecule has 4 nitrogen and oxygen atoms in total. The highest BCUT2D eigenvalue weighted by atomic mass is 32.1. The van der Waals surface area contributed by atoms with Gasteiger partial charge in [0.1, 0.15) is 11.2 Å². The van der Waals surface area contributed by atoms with E-state index < -0.39 is 0 Å². The quantitative estimate of drug-likeness (QED) is 0.185. The summed E-state index contributed by atoms with van der Waals surface area (Å²) in [5.41, 5.74) is 8.97. The number of nitrogens with zero attached hydrogens (tertiary/aromatic N) is 3. The second-order valence-corrected chi connectivity index (χ2v) is 13.4. The molecular weight excluding hydrogens is 631 g/mol. The van der Waals surface area contributed by atoms with Crippen LogP contribution in [0.2, 0.25) is 0 Å². The Hall–Kier alpha value is -6.43. The molecule has 3 heterocycles. The number of rotatable bonds is 5. The Labute approximate surface area is 292 Å². The van der Waals surface area contributed by atoms with Crippen LogP contribution in [0.3, 0.4) is 0 Å². The molecule has 0 spiro atoms. The zero-order chi connectivity index (χ0) is 33.0. The molecule has 234 valence electrons. The Morgan fingerprint density at radius 1 is 0.400 bits per heavy atom. The fourth-order valence-corrected chi connectivity index (χ4v) is 8.23. The number of benzene rings is 7. The highest BCUT2D eigenvalue weighted by Gasteiger charge is 2.21. The third-order valence-corrected chi connectivity index (χ3v) is 10.6. The maximum atomic E-state index is 6.75. The molecule has 5 heteroatoms. The maximum Gasteiger partial charge on any atom is 0.167 e. The molecule has 50 heavy (non-hydrogen) atoms. The van der Waals surface area contributed by atoms with Gasteiger partial charge in [0.25, 0.3) is 0 Å². The molecule has 0 aliphatic heterocycles. The maximum absolute atomic E-state index is 6.75. The van der Waals surface area contributed by atoms with Crippen molar-refractivity contribution in [3.63, 3.8) is 0 Å². The van der Waals surface area contributed by atoms with Crippen LogP contribution in [-0.2, 0) is 0 Å². The molecule has 0 fully saturated rings. The first-order valence-electron chi connectivity index (χ1n) is 16.6. The van der Waals surface area contributed by atoms with E-state index in [1.54, 1.807) is 0 Å². The molecule has 10 rings (SSSR count). The van der Waals surface area contributed by atoms with E-state index in [1.165, 1.54) is 31.3 Å². The normalized spacial score (nSPS) is 11.6. The smallest absolute Gasteiger partial charge is 0.167 e. The van der Waals surface area contributed by atoms with Crippen LogP contribution in [0, 0.1) is 0 Å². The Balaban J connectivity index is 1.21. The Bertz CT molecular complexity index is 2800. The van der Waals surface area contributed by atoms with E-state index in [-0.39, 0.29) is 0 Å². The Kier molecular flexibility index (Phi) is 6.64. The summed E-state index contributed by atoms with van der Waals surface area (Å²) in [5.74, 6) is 1.81. The summed E-state index contributed by atoms with van der Waals surface area (Å²) >= 11 is 1.86. The van der Waals surface area contributed by atoms with Crippen molar-refractivity contribution in [3.05, 3.63) is 164 Å². The predicted octanol–water partition coefficient (Wildman–Crippen LogP) is 12.5. The van der Waals surface area contributed by atoms with Gasteiger partial charge in [-0.1, -0.05) is 133 Å². The van der Waals surface area contributed by atoms with E-state index in [1.807, 2.05) is 78.1 Å². The number of hydrogen-bond acceptors (Lipinski definition) is 5. The van der Waals surface area contributed by atoms with E-state index >= 15 is 0 Å². The lowest BCUT2D eigenvalue weighted by Crippen LogP contribution is -2.00. The number of aromatic nitrogens is 3. The lowest BCUT2D eigenvalue weighted by molar-refractivity contribution is 0.669. The van der Waals surface area contributed by atoms with Crippen molar-refractivity contribution in [2.75, 3.05) is 0 Å². The van der Waals surface area contributed by atoms with Crippen molar-refractivity contribution in [2.45, 2.75) is 0 Å². The summed E-state index contributed by atoms with van der Waals surface area (Å²) in [6, 6.07) is 56.8. The standard InChI is InChI=1S/C45H27N3OS/c1-4-14-28(15-5-1)36-26-31(27-37-33-20-10-11-25-39(33)50-42(36)37)32-21-13-24-38-40(32)34-22-12-23-35(41(34)49-38)45-47-43(29-16-6-2-7-17-29)46-44(48-45)30-18-8-3-9-19-30/h1-27H. The molecule has 0 N–H and O–H groups in total. The average Bonchev–Trinajstić information content (AvgIpc) is 3.77. The molecular formula is C45H27N3OS. The predicted molar refractivity (Wildman–Crippen MR) is 207 cm³/mol. The lowest BCUT2D eigenvalue weighted by atomic mass is 9.93. The molecule has 0 aliphatic rings.